The van der Waals surface area contributed by atoms with E-state index in [-0.39, 0.29) is 0 Å². The van der Waals surface area contributed by atoms with Crippen molar-refractivity contribution in [1.29, 1.82) is 0 Å². The van der Waals surface area contributed by atoms with Crippen LogP contribution in [0.1, 0.15) is 25.3 Å². The molecule has 0 aliphatic heterocycles. The molecule has 2 rings (SSSR count). The number of halogens is 1. The molecule has 72 valence electrons. The van der Waals surface area contributed by atoms with Gasteiger partial charge in [0.25, 0.3) is 0 Å². The molecular formula is C12H12BrN. The van der Waals surface area contributed by atoms with E-state index in [9.17, 15) is 0 Å². The van der Waals surface area contributed by atoms with Crippen molar-refractivity contribution in [2.45, 2.75) is 19.8 Å². The number of hydrogen-bond acceptors (Lipinski definition) is 1. The fraction of sp³-hybridized carbons (Fsp3) is 0.250. The molecule has 2 heteroatoms. The van der Waals surface area contributed by atoms with Crippen LogP contribution in [0.2, 0.25) is 0 Å². The number of pyridine rings is 1. The second-order valence-electron chi connectivity index (χ2n) is 3.69. The summed E-state index contributed by atoms with van der Waals surface area (Å²) >= 11 is 3.52. The molecule has 1 aromatic carbocycles. The van der Waals surface area contributed by atoms with Gasteiger partial charge in [-0.05, 0) is 39.5 Å². The Morgan fingerprint density at radius 3 is 2.71 bits per heavy atom. The van der Waals surface area contributed by atoms with E-state index in [1.165, 1.54) is 10.9 Å². The number of rotatable bonds is 1. The van der Waals surface area contributed by atoms with Gasteiger partial charge in [0, 0.05) is 16.1 Å². The van der Waals surface area contributed by atoms with Crippen LogP contribution in [0.25, 0.3) is 10.9 Å². The maximum atomic E-state index is 4.38. The number of hydrogen-bond donors (Lipinski definition) is 0. The fourth-order valence-corrected chi connectivity index (χ4v) is 2.13. The van der Waals surface area contributed by atoms with Crippen LogP contribution >= 0.6 is 15.9 Å². The molecule has 0 N–H and O–H groups in total. The Labute approximate surface area is 92.3 Å². The van der Waals surface area contributed by atoms with E-state index in [0.29, 0.717) is 5.92 Å². The first-order valence-electron chi connectivity index (χ1n) is 4.73. The second kappa shape index (κ2) is 3.70. The van der Waals surface area contributed by atoms with E-state index in [4.69, 9.17) is 0 Å². The van der Waals surface area contributed by atoms with Gasteiger partial charge in [0.05, 0.1) is 5.52 Å². The topological polar surface area (TPSA) is 12.9 Å². The minimum absolute atomic E-state index is 0.537. The van der Waals surface area contributed by atoms with Crippen molar-refractivity contribution >= 4 is 26.8 Å². The van der Waals surface area contributed by atoms with E-state index in [1.807, 2.05) is 12.3 Å². The molecule has 0 saturated carbocycles. The predicted molar refractivity (Wildman–Crippen MR) is 63.5 cm³/mol. The largest absolute Gasteiger partial charge is 0.255 e. The van der Waals surface area contributed by atoms with E-state index in [1.54, 1.807) is 0 Å². The molecule has 0 unspecified atom stereocenters. The number of benzene rings is 1. The van der Waals surface area contributed by atoms with Crippen molar-refractivity contribution in [2.24, 2.45) is 0 Å². The van der Waals surface area contributed by atoms with Gasteiger partial charge in [-0.15, -0.1) is 0 Å². The first-order chi connectivity index (χ1) is 6.70. The standard InChI is InChI=1S/C12H12BrN/c1-8(2)9-6-7-14-12-10(9)4-3-5-11(12)13/h3-8H,1-2H3. The quantitative estimate of drug-likeness (QED) is 0.741. The van der Waals surface area contributed by atoms with Crippen LogP contribution in [0, 0.1) is 0 Å². The van der Waals surface area contributed by atoms with E-state index in [0.717, 1.165) is 9.99 Å². The highest BCUT2D eigenvalue weighted by atomic mass is 79.9. The van der Waals surface area contributed by atoms with E-state index in [2.05, 4.69) is 53.0 Å². The van der Waals surface area contributed by atoms with E-state index >= 15 is 0 Å². The lowest BCUT2D eigenvalue weighted by molar-refractivity contribution is 0.874. The van der Waals surface area contributed by atoms with Crippen molar-refractivity contribution in [3.63, 3.8) is 0 Å². The molecule has 0 bridgehead atoms. The van der Waals surface area contributed by atoms with Crippen LogP contribution in [0.3, 0.4) is 0 Å². The predicted octanol–water partition coefficient (Wildman–Crippen LogP) is 4.12. The minimum atomic E-state index is 0.537. The number of aromatic nitrogens is 1. The van der Waals surface area contributed by atoms with E-state index < -0.39 is 0 Å². The molecular weight excluding hydrogens is 238 g/mol. The van der Waals surface area contributed by atoms with Gasteiger partial charge in [0.15, 0.2) is 0 Å². The van der Waals surface area contributed by atoms with Crippen LogP contribution in [-0.2, 0) is 0 Å². The molecule has 0 atom stereocenters. The van der Waals surface area contributed by atoms with Gasteiger partial charge in [-0.3, -0.25) is 4.98 Å². The Balaban J connectivity index is 2.81. The summed E-state index contributed by atoms with van der Waals surface area (Å²) in [7, 11) is 0. The minimum Gasteiger partial charge on any atom is -0.255 e. The Morgan fingerprint density at radius 2 is 2.00 bits per heavy atom. The summed E-state index contributed by atoms with van der Waals surface area (Å²) in [6.45, 7) is 4.41. The van der Waals surface area contributed by atoms with Crippen LogP contribution < -0.4 is 0 Å². The number of nitrogens with zero attached hydrogens (tertiary/aromatic N) is 1. The second-order valence-corrected chi connectivity index (χ2v) is 4.55. The van der Waals surface area contributed by atoms with Crippen molar-refractivity contribution in [2.75, 3.05) is 0 Å². The summed E-state index contributed by atoms with van der Waals surface area (Å²) in [4.78, 5) is 4.38. The number of fused-ring (bicyclic) bond motifs is 1. The molecule has 0 radical (unpaired) electrons. The van der Waals surface area contributed by atoms with Crippen LogP contribution in [0.15, 0.2) is 34.9 Å². The molecule has 0 amide bonds. The Morgan fingerprint density at radius 1 is 1.21 bits per heavy atom. The molecule has 14 heavy (non-hydrogen) atoms. The van der Waals surface area contributed by atoms with Crippen molar-refractivity contribution in [1.82, 2.24) is 4.98 Å². The highest BCUT2D eigenvalue weighted by Gasteiger charge is 2.06. The Hall–Kier alpha value is -0.890. The third kappa shape index (κ3) is 1.55. The summed E-state index contributed by atoms with van der Waals surface area (Å²) in [6.07, 6.45) is 1.88. The lowest BCUT2D eigenvalue weighted by Crippen LogP contribution is -1.91. The van der Waals surface area contributed by atoms with Gasteiger partial charge in [0.2, 0.25) is 0 Å². The molecule has 0 aliphatic carbocycles. The van der Waals surface area contributed by atoms with Crippen LogP contribution in [0.4, 0.5) is 0 Å². The maximum Gasteiger partial charge on any atom is 0.0846 e. The molecule has 0 fully saturated rings. The average molecular weight is 250 g/mol. The zero-order valence-corrected chi connectivity index (χ0v) is 9.88. The summed E-state index contributed by atoms with van der Waals surface area (Å²) in [5, 5.41) is 1.25. The zero-order chi connectivity index (χ0) is 10.1. The van der Waals surface area contributed by atoms with Gasteiger partial charge >= 0.3 is 0 Å². The fourth-order valence-electron chi connectivity index (χ4n) is 1.66. The first-order valence-corrected chi connectivity index (χ1v) is 5.52. The summed E-state index contributed by atoms with van der Waals surface area (Å²) in [5.74, 6) is 0.537. The van der Waals surface area contributed by atoms with Crippen molar-refractivity contribution in [3.05, 3.63) is 40.5 Å². The maximum absolute atomic E-state index is 4.38. The molecule has 1 aromatic heterocycles. The molecule has 1 nitrogen and oxygen atoms in total. The van der Waals surface area contributed by atoms with Gasteiger partial charge in [0.1, 0.15) is 0 Å². The summed E-state index contributed by atoms with van der Waals surface area (Å²) in [6, 6.07) is 8.31. The molecule has 0 aliphatic rings. The van der Waals surface area contributed by atoms with Crippen LogP contribution in [-0.4, -0.2) is 4.98 Å². The Bertz CT molecular complexity index is 463. The van der Waals surface area contributed by atoms with Gasteiger partial charge < -0.3 is 0 Å². The third-order valence-electron chi connectivity index (χ3n) is 2.38. The van der Waals surface area contributed by atoms with Crippen molar-refractivity contribution in [3.8, 4) is 0 Å². The van der Waals surface area contributed by atoms with Crippen molar-refractivity contribution < 1.29 is 0 Å². The number of para-hydroxylation sites is 1. The van der Waals surface area contributed by atoms with Gasteiger partial charge in [-0.25, -0.2) is 0 Å². The third-order valence-corrected chi connectivity index (χ3v) is 3.02. The zero-order valence-electron chi connectivity index (χ0n) is 8.29. The smallest absolute Gasteiger partial charge is 0.0846 e. The monoisotopic (exact) mass is 249 g/mol. The highest BCUT2D eigenvalue weighted by molar-refractivity contribution is 9.10. The molecule has 1 heterocycles. The molecule has 0 saturated heterocycles. The van der Waals surface area contributed by atoms with Gasteiger partial charge in [-0.1, -0.05) is 26.0 Å². The van der Waals surface area contributed by atoms with Gasteiger partial charge in [-0.2, -0.15) is 0 Å². The Kier molecular flexibility index (Phi) is 2.55. The summed E-state index contributed by atoms with van der Waals surface area (Å²) < 4.78 is 1.07. The molecule has 2 aromatic rings. The molecule has 0 spiro atoms. The SMILES string of the molecule is CC(C)c1ccnc2c(Br)cccc12. The first kappa shape index (κ1) is 9.66. The highest BCUT2D eigenvalue weighted by Crippen LogP contribution is 2.28. The average Bonchev–Trinajstić information content (AvgIpc) is 2.17. The normalized spacial score (nSPS) is 11.1. The lowest BCUT2D eigenvalue weighted by atomic mass is 9.99. The summed E-state index contributed by atoms with van der Waals surface area (Å²) in [5.41, 5.74) is 2.41. The van der Waals surface area contributed by atoms with Crippen LogP contribution in [0.5, 0.6) is 0 Å². The lowest BCUT2D eigenvalue weighted by Gasteiger charge is -2.09.